The second-order valence-corrected chi connectivity index (χ2v) is 16.4. The van der Waals surface area contributed by atoms with E-state index in [1.807, 2.05) is 72.8 Å². The fraction of sp³-hybridized carbons (Fsp3) is 0. The van der Waals surface area contributed by atoms with Gasteiger partial charge in [-0.15, -0.1) is 0 Å². The van der Waals surface area contributed by atoms with E-state index in [1.165, 1.54) is 12.1 Å². The number of hydrogen-bond acceptors (Lipinski definition) is 20. The van der Waals surface area contributed by atoms with Gasteiger partial charge in [-0.2, -0.15) is 0 Å². The highest BCUT2D eigenvalue weighted by molar-refractivity contribution is 6.38. The number of hydrogen-bond donors (Lipinski definition) is 16. The third-order valence-corrected chi connectivity index (χ3v) is 12.3. The number of benzene rings is 8. The van der Waals surface area contributed by atoms with Gasteiger partial charge in [0.1, 0.15) is 49.3 Å². The Morgan fingerprint density at radius 3 is 1.14 bits per heavy atom. The van der Waals surface area contributed by atoms with Crippen LogP contribution in [0.1, 0.15) is 0 Å². The fourth-order valence-electron chi connectivity index (χ4n) is 8.63. The van der Waals surface area contributed by atoms with Gasteiger partial charge in [-0.3, -0.25) is 0 Å². The highest BCUT2D eigenvalue weighted by atomic mass is 16.4. The van der Waals surface area contributed by atoms with Crippen molar-refractivity contribution in [3.05, 3.63) is 91.0 Å². The van der Waals surface area contributed by atoms with E-state index in [-0.39, 0.29) is 11.1 Å². The number of aromatic nitrogens is 3. The molecule has 0 atom stereocenters. The first-order valence-electron chi connectivity index (χ1n) is 21.1. The van der Waals surface area contributed by atoms with Crippen molar-refractivity contribution in [2.45, 2.75) is 0 Å². The summed E-state index contributed by atoms with van der Waals surface area (Å²) in [6.45, 7) is 0. The molecule has 0 spiro atoms. The van der Waals surface area contributed by atoms with E-state index in [9.17, 15) is 81.7 Å². The number of para-hydroxylation sites is 1. The molecule has 0 bridgehead atoms. The zero-order valence-corrected chi connectivity index (χ0v) is 36.7. The monoisotopic (exact) mass is 979 g/mol. The molecule has 0 amide bonds. The van der Waals surface area contributed by atoms with Gasteiger partial charge in [0.2, 0.25) is 5.75 Å². The lowest BCUT2D eigenvalue weighted by Gasteiger charge is -2.19. The molecular weight excluding hydrogens is 948 g/mol. The van der Waals surface area contributed by atoms with E-state index in [0.29, 0.717) is 21.9 Å². The molecule has 22 heteroatoms. The van der Waals surface area contributed by atoms with Gasteiger partial charge < -0.3 is 86.1 Å². The Labute approximate surface area is 410 Å². The first-order chi connectivity index (χ1) is 34.7. The Morgan fingerprint density at radius 1 is 0.288 bits per heavy atom. The molecular formula is C51H31B2N3O17. The van der Waals surface area contributed by atoms with Gasteiger partial charge in [0, 0.05) is 21.9 Å². The lowest BCUT2D eigenvalue weighted by Crippen LogP contribution is -2.07. The number of furan rings is 1. The molecule has 10 aromatic rings. The lowest BCUT2D eigenvalue weighted by molar-refractivity contribution is 0.364. The van der Waals surface area contributed by atoms with Gasteiger partial charge in [-0.1, -0.05) is 78.9 Å². The maximum absolute atomic E-state index is 12.3. The van der Waals surface area contributed by atoms with Crippen LogP contribution in [-0.2, 0) is 0 Å². The zero-order chi connectivity index (χ0) is 52.2. The Hall–Kier alpha value is -10.5. The van der Waals surface area contributed by atoms with Crippen molar-refractivity contribution in [3.63, 3.8) is 0 Å². The molecule has 8 aromatic carbocycles. The average molecular weight is 979 g/mol. The molecule has 73 heavy (non-hydrogen) atoms. The van der Waals surface area contributed by atoms with Crippen molar-refractivity contribution in [2.75, 3.05) is 0 Å². The van der Waals surface area contributed by atoms with Crippen LogP contribution in [-0.4, -0.2) is 112 Å². The van der Waals surface area contributed by atoms with E-state index in [1.54, 1.807) is 6.07 Å². The topological polar surface area (TPSA) is 375 Å². The van der Waals surface area contributed by atoms with E-state index >= 15 is 0 Å². The minimum atomic E-state index is -1.54. The van der Waals surface area contributed by atoms with Crippen LogP contribution in [0.5, 0.6) is 92.0 Å². The summed E-state index contributed by atoms with van der Waals surface area (Å²) < 4.78 is 6.59. The molecule has 0 aliphatic carbocycles. The smallest absolute Gasteiger partial charge is 0.202 e. The minimum absolute atomic E-state index is 0.0296. The molecule has 4 radical (unpaired) electrons. The van der Waals surface area contributed by atoms with Crippen LogP contribution in [0, 0.1) is 0 Å². The summed E-state index contributed by atoms with van der Waals surface area (Å²) >= 11 is 0. The third kappa shape index (κ3) is 6.76. The van der Waals surface area contributed by atoms with Gasteiger partial charge in [0.05, 0.1) is 16.7 Å². The molecule has 0 unspecified atom stereocenters. The van der Waals surface area contributed by atoms with Gasteiger partial charge in [0.15, 0.2) is 98.0 Å². The Balaban J connectivity index is 1.26. The molecule has 16 N–H and O–H groups in total. The van der Waals surface area contributed by atoms with Gasteiger partial charge in [-0.25, -0.2) is 15.0 Å². The van der Waals surface area contributed by atoms with Crippen molar-refractivity contribution in [1.29, 1.82) is 0 Å². The average Bonchev–Trinajstić information content (AvgIpc) is 3.78. The van der Waals surface area contributed by atoms with Crippen LogP contribution in [0.25, 0.3) is 101 Å². The fourth-order valence-corrected chi connectivity index (χ4v) is 8.63. The second-order valence-electron chi connectivity index (χ2n) is 16.4. The van der Waals surface area contributed by atoms with E-state index in [4.69, 9.17) is 20.1 Å². The van der Waals surface area contributed by atoms with Crippen molar-refractivity contribution in [3.8, 4) is 171 Å². The van der Waals surface area contributed by atoms with E-state index in [0.717, 1.165) is 16.7 Å². The SMILES string of the molecule is [B]c1c(O)c(O)c(-c2nc(-c3c(O)c(O)c(-c4c(O)c(O)c([B])c(O)c4O)c(O)c3O)nc(-c3c(O)c(O)c(O)c(-c4cccc5c4oc4c(-c6ccccc6)cc(-c6ccccc6)cc45)c3O)n2)c(O)c1O. The zero-order valence-electron chi connectivity index (χ0n) is 36.7. The summed E-state index contributed by atoms with van der Waals surface area (Å²) in [7, 11) is 11.1. The lowest BCUT2D eigenvalue weighted by atomic mass is 9.88. The summed E-state index contributed by atoms with van der Waals surface area (Å²) in [4.78, 5) is 12.2. The largest absolute Gasteiger partial charge is 0.506 e. The van der Waals surface area contributed by atoms with Crippen LogP contribution in [0.2, 0.25) is 0 Å². The summed E-state index contributed by atoms with van der Waals surface area (Å²) in [5, 5.41) is 179. The first-order valence-corrected chi connectivity index (χ1v) is 21.1. The molecule has 0 saturated heterocycles. The summed E-state index contributed by atoms with van der Waals surface area (Å²) in [5.74, 6) is -24.9. The molecule has 0 aliphatic heterocycles. The van der Waals surface area contributed by atoms with Crippen molar-refractivity contribution in [2.24, 2.45) is 0 Å². The van der Waals surface area contributed by atoms with Crippen molar-refractivity contribution >= 4 is 48.6 Å². The molecule has 2 heterocycles. The third-order valence-electron chi connectivity index (χ3n) is 12.3. The number of aromatic hydroxyl groups is 16. The minimum Gasteiger partial charge on any atom is -0.506 e. The molecule has 10 rings (SSSR count). The second kappa shape index (κ2) is 16.6. The number of phenolic OH excluding ortho intramolecular Hbond substituents is 16. The highest BCUT2D eigenvalue weighted by Crippen LogP contribution is 2.61. The molecule has 0 saturated carbocycles. The Morgan fingerprint density at radius 2 is 0.658 bits per heavy atom. The number of fused-ring (bicyclic) bond motifs is 3. The summed E-state index contributed by atoms with van der Waals surface area (Å²) in [6.07, 6.45) is 0. The van der Waals surface area contributed by atoms with Gasteiger partial charge >= 0.3 is 0 Å². The predicted octanol–water partition coefficient (Wildman–Crippen LogP) is 6.32. The summed E-state index contributed by atoms with van der Waals surface area (Å²) in [5.41, 5.74) is -4.92. The summed E-state index contributed by atoms with van der Waals surface area (Å²) in [6, 6.07) is 27.1. The first kappa shape index (κ1) is 46.2. The van der Waals surface area contributed by atoms with Crippen LogP contribution in [0.15, 0.2) is 95.4 Å². The number of phenols is 16. The predicted molar refractivity (Wildman–Crippen MR) is 263 cm³/mol. The van der Waals surface area contributed by atoms with Crippen molar-refractivity contribution in [1.82, 2.24) is 15.0 Å². The van der Waals surface area contributed by atoms with Gasteiger partial charge in [0.25, 0.3) is 0 Å². The maximum atomic E-state index is 12.3. The van der Waals surface area contributed by atoms with Gasteiger partial charge in [-0.05, 0) is 39.7 Å². The number of nitrogens with zero attached hydrogens (tertiary/aromatic N) is 3. The van der Waals surface area contributed by atoms with Crippen LogP contribution in [0.4, 0.5) is 0 Å². The van der Waals surface area contributed by atoms with Crippen molar-refractivity contribution < 1.29 is 86.1 Å². The molecule has 20 nitrogen and oxygen atoms in total. The normalized spacial score (nSPS) is 11.5. The number of rotatable bonds is 7. The van der Waals surface area contributed by atoms with E-state index in [2.05, 4.69) is 15.0 Å². The van der Waals surface area contributed by atoms with Crippen LogP contribution < -0.4 is 10.9 Å². The van der Waals surface area contributed by atoms with Crippen LogP contribution in [0.3, 0.4) is 0 Å². The Kier molecular flexibility index (Phi) is 10.5. The Bertz CT molecular complexity index is 3930. The van der Waals surface area contributed by atoms with Crippen LogP contribution >= 0.6 is 0 Å². The standard InChI is InChI=1S/C51H31B2N3O17/c52-29-42(68)35(61)25(36(62)43(29)69)24-33(59)37(63)27(38(64)34(24)60)50-54-49(55-51(56-50)28-39(65)44(70)30(53)45(71)40(28)66)26-31(57)23(32(58)46(72)41(26)67)20-13-7-12-19-22-15-18(16-8-3-1-4-9-16)14-21(48(22)73-47(19)20)17-10-5-2-6-11-17/h1-15,57-72H. The quantitative estimate of drug-likeness (QED) is 0.0472. The molecule has 358 valence electrons. The molecule has 0 fully saturated rings. The maximum Gasteiger partial charge on any atom is 0.202 e. The molecule has 2 aromatic heterocycles. The molecule has 0 aliphatic rings. The highest BCUT2D eigenvalue weighted by Gasteiger charge is 2.36. The van der Waals surface area contributed by atoms with E-state index < -0.39 is 154 Å².